The first-order valence-corrected chi connectivity index (χ1v) is 34.4. The van der Waals surface area contributed by atoms with E-state index >= 15 is 0 Å². The Bertz CT molecular complexity index is 1580. The third-order valence-corrected chi connectivity index (χ3v) is 16.8. The van der Waals surface area contributed by atoms with Crippen molar-refractivity contribution in [1.29, 1.82) is 0 Å². The number of unbranched alkanes of at least 4 members (excludes halogenated alkanes) is 35. The highest BCUT2D eigenvalue weighted by atomic mass is 16.7. The van der Waals surface area contributed by atoms with Crippen LogP contribution in [0, 0.1) is 0 Å². The van der Waals surface area contributed by atoms with Gasteiger partial charge in [0.25, 0.3) is 0 Å². The second-order valence-corrected chi connectivity index (χ2v) is 24.3. The van der Waals surface area contributed by atoms with Gasteiger partial charge in [0, 0.05) is 6.42 Å². The van der Waals surface area contributed by atoms with Gasteiger partial charge in [0.05, 0.1) is 32.0 Å². The van der Waals surface area contributed by atoms with Crippen molar-refractivity contribution in [3.05, 3.63) is 48.6 Å². The van der Waals surface area contributed by atoms with E-state index in [2.05, 4.69) is 67.8 Å². The number of nitrogens with one attached hydrogen (secondary N) is 1. The quantitative estimate of drug-likeness (QED) is 0.0204. The van der Waals surface area contributed by atoms with Gasteiger partial charge < -0.3 is 65.1 Å². The Balaban J connectivity index is 1.68. The van der Waals surface area contributed by atoms with Crippen molar-refractivity contribution >= 4 is 5.91 Å². The molecule has 12 atom stereocenters. The first kappa shape index (κ1) is 77.0. The molecule has 0 aromatic heterocycles. The lowest BCUT2D eigenvalue weighted by Gasteiger charge is -2.46. The number of aliphatic hydroxyl groups is 8. The normalized spacial score (nSPS) is 24.1. The van der Waals surface area contributed by atoms with Crippen molar-refractivity contribution in [2.45, 2.75) is 364 Å². The van der Waals surface area contributed by atoms with Gasteiger partial charge in [0.15, 0.2) is 12.6 Å². The Morgan fingerprint density at radius 3 is 1.28 bits per heavy atom. The van der Waals surface area contributed by atoms with Crippen LogP contribution < -0.4 is 5.32 Å². The van der Waals surface area contributed by atoms with Crippen LogP contribution >= 0.6 is 0 Å². The molecule has 0 radical (unpaired) electrons. The fourth-order valence-corrected chi connectivity index (χ4v) is 11.3. The van der Waals surface area contributed by atoms with E-state index in [0.717, 1.165) is 83.5 Å². The number of aliphatic hydroxyl groups excluding tert-OH is 8. The highest BCUT2D eigenvalue weighted by molar-refractivity contribution is 5.76. The molecule has 2 fully saturated rings. The topological polar surface area (TPSA) is 228 Å². The van der Waals surface area contributed by atoms with Crippen LogP contribution in [0.2, 0.25) is 0 Å². The molecule has 2 heterocycles. The zero-order chi connectivity index (χ0) is 60.2. The summed E-state index contributed by atoms with van der Waals surface area (Å²) in [6.45, 7) is 2.79. The van der Waals surface area contributed by atoms with Crippen molar-refractivity contribution in [3.63, 3.8) is 0 Å². The molecule has 2 aliphatic heterocycles. The Kier molecular flexibility index (Phi) is 50.2. The molecule has 486 valence electrons. The number of rotatable bonds is 56. The lowest BCUT2D eigenvalue weighted by atomic mass is 9.97. The standard InChI is InChI=1S/C69H127NO13/c1-3-5-7-9-11-13-15-17-19-21-23-25-27-29-31-33-35-37-39-41-43-45-47-49-51-53-61(74)70-57(56-80-68-66(79)64(77)67(60(55-72)82-68)83-69-65(78)63(76)62(75)59(54-71)81-69)58(73)52-50-48-46-44-42-40-38-36-34-32-30-28-26-24-22-20-18-16-14-12-10-8-6-4-2/h5,7,11,13,17,19,23,25,57-60,62-69,71-73,75-79H,3-4,6,8-10,12,14-16,18,20-22,24,26-56H2,1-2H3,(H,70,74)/b7-5-,13-11-,19-17-,25-23-. The molecule has 0 spiro atoms. The minimum Gasteiger partial charge on any atom is -0.394 e. The molecule has 14 heteroatoms. The number of hydrogen-bond acceptors (Lipinski definition) is 13. The zero-order valence-electron chi connectivity index (χ0n) is 52.7. The molecule has 0 aromatic rings. The van der Waals surface area contributed by atoms with Crippen LogP contribution in [-0.2, 0) is 23.7 Å². The number of hydrogen-bond donors (Lipinski definition) is 9. The molecule has 0 aliphatic carbocycles. The van der Waals surface area contributed by atoms with Crippen LogP contribution in [-0.4, -0.2) is 140 Å². The maximum Gasteiger partial charge on any atom is 0.220 e. The largest absolute Gasteiger partial charge is 0.394 e. The first-order valence-electron chi connectivity index (χ1n) is 34.4. The van der Waals surface area contributed by atoms with E-state index in [4.69, 9.17) is 18.9 Å². The number of carbonyl (C=O) groups excluding carboxylic acids is 1. The van der Waals surface area contributed by atoms with Crippen molar-refractivity contribution < 1.29 is 64.6 Å². The monoisotopic (exact) mass is 1180 g/mol. The highest BCUT2D eigenvalue weighted by Crippen LogP contribution is 2.30. The Labute approximate surface area is 505 Å². The molecule has 2 aliphatic rings. The van der Waals surface area contributed by atoms with Crippen molar-refractivity contribution in [2.24, 2.45) is 0 Å². The predicted molar refractivity (Wildman–Crippen MR) is 337 cm³/mol. The van der Waals surface area contributed by atoms with E-state index in [1.165, 1.54) is 180 Å². The molecule has 0 bridgehead atoms. The second-order valence-electron chi connectivity index (χ2n) is 24.3. The predicted octanol–water partition coefficient (Wildman–Crippen LogP) is 13.5. The van der Waals surface area contributed by atoms with E-state index in [1.54, 1.807) is 0 Å². The number of carbonyl (C=O) groups is 1. The molecular weight excluding hydrogens is 1050 g/mol. The van der Waals surface area contributed by atoms with Gasteiger partial charge in [-0.3, -0.25) is 4.79 Å². The summed E-state index contributed by atoms with van der Waals surface area (Å²) >= 11 is 0. The summed E-state index contributed by atoms with van der Waals surface area (Å²) in [5.41, 5.74) is 0. The fourth-order valence-electron chi connectivity index (χ4n) is 11.3. The van der Waals surface area contributed by atoms with Gasteiger partial charge in [0.2, 0.25) is 5.91 Å². The van der Waals surface area contributed by atoms with Gasteiger partial charge in [-0.05, 0) is 51.4 Å². The summed E-state index contributed by atoms with van der Waals surface area (Å²) in [5, 5.41) is 87.6. The minimum absolute atomic E-state index is 0.206. The average Bonchev–Trinajstić information content (AvgIpc) is 3.65. The van der Waals surface area contributed by atoms with E-state index in [-0.39, 0.29) is 12.5 Å². The summed E-state index contributed by atoms with van der Waals surface area (Å²) in [6.07, 6.45) is 52.6. The maximum absolute atomic E-state index is 13.3. The molecular formula is C69H127NO13. The Morgan fingerprint density at radius 2 is 0.831 bits per heavy atom. The van der Waals surface area contributed by atoms with Gasteiger partial charge in [-0.15, -0.1) is 0 Å². The highest BCUT2D eigenvalue weighted by Gasteiger charge is 2.51. The smallest absolute Gasteiger partial charge is 0.220 e. The van der Waals surface area contributed by atoms with Gasteiger partial charge in [-0.2, -0.15) is 0 Å². The van der Waals surface area contributed by atoms with Gasteiger partial charge >= 0.3 is 0 Å². The minimum atomic E-state index is -1.78. The summed E-state index contributed by atoms with van der Waals surface area (Å²) in [4.78, 5) is 13.3. The SMILES string of the molecule is CC/C=C\C/C=C\C/C=C\C/C=C\CCCCCCCCCCCCCCC(=O)NC(COC1OC(CO)C(OC2OC(CO)C(O)C(O)C2O)C(O)C1O)C(O)CCCCCCCCCCCCCCCCCCCCCCCCCC. The lowest BCUT2D eigenvalue weighted by molar-refractivity contribution is -0.359. The van der Waals surface area contributed by atoms with Crippen molar-refractivity contribution in [1.82, 2.24) is 5.32 Å². The number of allylic oxidation sites excluding steroid dienone is 8. The van der Waals surface area contributed by atoms with Gasteiger partial charge in [-0.25, -0.2) is 0 Å². The molecule has 9 N–H and O–H groups in total. The third kappa shape index (κ3) is 38.8. The van der Waals surface area contributed by atoms with Crippen LogP contribution in [0.25, 0.3) is 0 Å². The van der Waals surface area contributed by atoms with Crippen LogP contribution in [0.4, 0.5) is 0 Å². The summed E-state index contributed by atoms with van der Waals surface area (Å²) in [6, 6.07) is -0.832. The van der Waals surface area contributed by atoms with E-state index in [0.29, 0.717) is 12.8 Å². The third-order valence-electron chi connectivity index (χ3n) is 16.8. The second kappa shape index (κ2) is 54.1. The van der Waals surface area contributed by atoms with Crippen LogP contribution in [0.1, 0.15) is 290 Å². The summed E-state index contributed by atoms with van der Waals surface area (Å²) < 4.78 is 22.9. The average molecular weight is 1180 g/mol. The molecule has 1 amide bonds. The molecule has 12 unspecified atom stereocenters. The zero-order valence-corrected chi connectivity index (χ0v) is 52.7. The Hall–Kier alpha value is -2.05. The van der Waals surface area contributed by atoms with E-state index < -0.39 is 86.8 Å². The molecule has 83 heavy (non-hydrogen) atoms. The molecule has 0 saturated carbocycles. The number of amides is 1. The number of ether oxygens (including phenoxy) is 4. The van der Waals surface area contributed by atoms with E-state index in [9.17, 15) is 45.6 Å². The van der Waals surface area contributed by atoms with Crippen LogP contribution in [0.5, 0.6) is 0 Å². The maximum atomic E-state index is 13.3. The molecule has 2 rings (SSSR count). The van der Waals surface area contributed by atoms with Crippen LogP contribution in [0.15, 0.2) is 48.6 Å². The molecule has 2 saturated heterocycles. The molecule has 14 nitrogen and oxygen atoms in total. The van der Waals surface area contributed by atoms with Crippen molar-refractivity contribution in [2.75, 3.05) is 19.8 Å². The first-order chi connectivity index (χ1) is 40.6. The van der Waals surface area contributed by atoms with Crippen molar-refractivity contribution in [3.8, 4) is 0 Å². The fraction of sp³-hybridized carbons (Fsp3) is 0.870. The van der Waals surface area contributed by atoms with Gasteiger partial charge in [-0.1, -0.05) is 281 Å². The Morgan fingerprint density at radius 1 is 0.446 bits per heavy atom. The molecule has 0 aromatic carbocycles. The lowest BCUT2D eigenvalue weighted by Crippen LogP contribution is -2.65. The van der Waals surface area contributed by atoms with E-state index in [1.807, 2.05) is 0 Å². The summed E-state index contributed by atoms with van der Waals surface area (Å²) in [7, 11) is 0. The van der Waals surface area contributed by atoms with Crippen LogP contribution in [0.3, 0.4) is 0 Å². The summed E-state index contributed by atoms with van der Waals surface area (Å²) in [5.74, 6) is -0.206. The van der Waals surface area contributed by atoms with Gasteiger partial charge in [0.1, 0.15) is 48.8 Å².